The third kappa shape index (κ3) is 4.49. The summed E-state index contributed by atoms with van der Waals surface area (Å²) in [6.45, 7) is 4.67. The highest BCUT2D eigenvalue weighted by Gasteiger charge is 2.46. The molecule has 0 fully saturated rings. The van der Waals surface area contributed by atoms with E-state index in [0.717, 1.165) is 49.7 Å². The second-order valence-electron chi connectivity index (χ2n) is 16.5. The average molecular weight is 739 g/mol. The van der Waals surface area contributed by atoms with Gasteiger partial charge in [-0.05, 0) is 96.1 Å². The Labute approximate surface area is 338 Å². The summed E-state index contributed by atoms with van der Waals surface area (Å²) in [5, 5.41) is 4.61. The Morgan fingerprint density at radius 1 is 0.362 bits per heavy atom. The van der Waals surface area contributed by atoms with Crippen LogP contribution in [-0.2, 0) is 10.8 Å². The van der Waals surface area contributed by atoms with E-state index in [9.17, 15) is 0 Å². The standard InChI is InChI=1S/C56H38N2/c1-55(2)47-26-13-11-23-41(47)45-32-37(28-30-48(45)55)52-54(57-51-31-29-35-16-9-10-22-40(35)53(51)58-52)43-25-15-17-36-33-50-46(34-44(36)43)42-24-12-14-27-49(42)56(50,38-18-5-3-6-19-38)39-20-7-4-8-21-39/h3-34H,1-2H3. The molecule has 58 heavy (non-hydrogen) atoms. The molecule has 2 heteroatoms. The maximum absolute atomic E-state index is 5.62. The largest absolute Gasteiger partial charge is 0.244 e. The molecule has 0 saturated heterocycles. The molecule has 2 aliphatic rings. The Bertz CT molecular complexity index is 3270. The Morgan fingerprint density at radius 2 is 0.966 bits per heavy atom. The van der Waals surface area contributed by atoms with Crippen LogP contribution < -0.4 is 0 Å². The Morgan fingerprint density at radius 3 is 1.74 bits per heavy atom. The van der Waals surface area contributed by atoms with Gasteiger partial charge in [-0.2, -0.15) is 0 Å². The highest BCUT2D eigenvalue weighted by atomic mass is 14.8. The van der Waals surface area contributed by atoms with E-state index in [1.807, 2.05) is 0 Å². The molecule has 12 rings (SSSR count). The molecule has 272 valence electrons. The van der Waals surface area contributed by atoms with Gasteiger partial charge in [-0.25, -0.2) is 9.97 Å². The van der Waals surface area contributed by atoms with Crippen LogP contribution in [0.4, 0.5) is 0 Å². The van der Waals surface area contributed by atoms with E-state index in [4.69, 9.17) is 9.97 Å². The van der Waals surface area contributed by atoms with Crippen LogP contribution in [-0.4, -0.2) is 9.97 Å². The molecule has 2 nitrogen and oxygen atoms in total. The van der Waals surface area contributed by atoms with E-state index < -0.39 is 5.41 Å². The molecule has 1 aromatic heterocycles. The molecule has 0 atom stereocenters. The summed E-state index contributed by atoms with van der Waals surface area (Å²) in [6.07, 6.45) is 0. The van der Waals surface area contributed by atoms with E-state index in [-0.39, 0.29) is 5.41 Å². The lowest BCUT2D eigenvalue weighted by Crippen LogP contribution is -2.28. The lowest BCUT2D eigenvalue weighted by molar-refractivity contribution is 0.660. The first kappa shape index (κ1) is 33.0. The molecule has 9 aromatic carbocycles. The molecule has 0 aliphatic heterocycles. The van der Waals surface area contributed by atoms with Crippen LogP contribution in [0.15, 0.2) is 194 Å². The van der Waals surface area contributed by atoms with Gasteiger partial charge in [0, 0.05) is 21.9 Å². The molecule has 0 spiro atoms. The molecule has 10 aromatic rings. The lowest BCUT2D eigenvalue weighted by Gasteiger charge is -2.34. The molecular formula is C56H38N2. The zero-order chi connectivity index (χ0) is 38.6. The quantitative estimate of drug-likeness (QED) is 0.168. The minimum Gasteiger partial charge on any atom is -0.244 e. The Kier molecular flexibility index (Phi) is 6.93. The van der Waals surface area contributed by atoms with Crippen molar-refractivity contribution in [2.75, 3.05) is 0 Å². The summed E-state index contributed by atoms with van der Waals surface area (Å²) >= 11 is 0. The first-order valence-electron chi connectivity index (χ1n) is 20.2. The van der Waals surface area contributed by atoms with Gasteiger partial charge in [0.15, 0.2) is 0 Å². The number of fused-ring (bicyclic) bond motifs is 10. The van der Waals surface area contributed by atoms with Crippen LogP contribution in [0.1, 0.15) is 47.2 Å². The number of nitrogens with zero attached hydrogens (tertiary/aromatic N) is 2. The fourth-order valence-corrected chi connectivity index (χ4v) is 10.5. The van der Waals surface area contributed by atoms with Crippen LogP contribution >= 0.6 is 0 Å². The van der Waals surface area contributed by atoms with Gasteiger partial charge >= 0.3 is 0 Å². The van der Waals surface area contributed by atoms with Crippen molar-refractivity contribution in [3.63, 3.8) is 0 Å². The number of aromatic nitrogens is 2. The fraction of sp³-hybridized carbons (Fsp3) is 0.0714. The van der Waals surface area contributed by atoms with Crippen molar-refractivity contribution in [3.8, 4) is 44.8 Å². The number of hydrogen-bond donors (Lipinski definition) is 0. The summed E-state index contributed by atoms with van der Waals surface area (Å²) in [4.78, 5) is 11.2. The van der Waals surface area contributed by atoms with E-state index in [0.29, 0.717) is 0 Å². The van der Waals surface area contributed by atoms with Crippen molar-refractivity contribution >= 4 is 32.6 Å². The van der Waals surface area contributed by atoms with Gasteiger partial charge in [0.1, 0.15) is 0 Å². The number of rotatable bonds is 4. The molecule has 0 radical (unpaired) electrons. The van der Waals surface area contributed by atoms with Gasteiger partial charge in [0.05, 0.1) is 27.8 Å². The summed E-state index contributed by atoms with van der Waals surface area (Å²) in [5.74, 6) is 0. The SMILES string of the molecule is CC1(C)c2ccccc2-c2cc(-c3nc4c(ccc5ccccc54)nc3-c3cccc4cc5c(cc34)-c3ccccc3C5(c3ccccc3)c3ccccc3)ccc21. The van der Waals surface area contributed by atoms with Crippen LogP contribution in [0.2, 0.25) is 0 Å². The third-order valence-electron chi connectivity index (χ3n) is 13.1. The van der Waals surface area contributed by atoms with Gasteiger partial charge < -0.3 is 0 Å². The zero-order valence-electron chi connectivity index (χ0n) is 32.4. The predicted octanol–water partition coefficient (Wildman–Crippen LogP) is 13.9. The lowest BCUT2D eigenvalue weighted by atomic mass is 9.67. The minimum absolute atomic E-state index is 0.0838. The van der Waals surface area contributed by atoms with Gasteiger partial charge in [0.2, 0.25) is 0 Å². The van der Waals surface area contributed by atoms with Crippen LogP contribution in [0.25, 0.3) is 77.3 Å². The Hall–Kier alpha value is -7.16. The smallest absolute Gasteiger partial charge is 0.0979 e. The zero-order valence-corrected chi connectivity index (χ0v) is 32.4. The second kappa shape index (κ2) is 12.2. The maximum Gasteiger partial charge on any atom is 0.0979 e. The summed E-state index contributed by atoms with van der Waals surface area (Å²) in [5.41, 5.74) is 18.1. The van der Waals surface area contributed by atoms with Crippen molar-refractivity contribution in [3.05, 3.63) is 228 Å². The molecule has 0 amide bonds. The van der Waals surface area contributed by atoms with Gasteiger partial charge in [-0.3, -0.25) is 0 Å². The fourth-order valence-electron chi connectivity index (χ4n) is 10.5. The van der Waals surface area contributed by atoms with E-state index in [1.165, 1.54) is 61.0 Å². The topological polar surface area (TPSA) is 25.8 Å². The van der Waals surface area contributed by atoms with Gasteiger partial charge in [0.25, 0.3) is 0 Å². The first-order valence-corrected chi connectivity index (χ1v) is 20.2. The number of benzene rings is 9. The Balaban J connectivity index is 1.15. The molecule has 0 saturated carbocycles. The minimum atomic E-state index is -0.470. The van der Waals surface area contributed by atoms with E-state index in [1.54, 1.807) is 0 Å². The molecular weight excluding hydrogens is 701 g/mol. The average Bonchev–Trinajstić information content (AvgIpc) is 3.70. The van der Waals surface area contributed by atoms with E-state index in [2.05, 4.69) is 208 Å². The van der Waals surface area contributed by atoms with Crippen molar-refractivity contribution < 1.29 is 0 Å². The van der Waals surface area contributed by atoms with Crippen molar-refractivity contribution in [2.24, 2.45) is 0 Å². The molecule has 0 unspecified atom stereocenters. The van der Waals surface area contributed by atoms with Crippen LogP contribution in [0.3, 0.4) is 0 Å². The molecule has 0 N–H and O–H groups in total. The van der Waals surface area contributed by atoms with Gasteiger partial charge in [-0.15, -0.1) is 0 Å². The molecule has 0 bridgehead atoms. The van der Waals surface area contributed by atoms with Crippen LogP contribution in [0, 0.1) is 0 Å². The molecule has 1 heterocycles. The predicted molar refractivity (Wildman–Crippen MR) is 240 cm³/mol. The monoisotopic (exact) mass is 738 g/mol. The third-order valence-corrected chi connectivity index (χ3v) is 13.1. The summed E-state index contributed by atoms with van der Waals surface area (Å²) in [6, 6.07) is 71.2. The normalized spacial score (nSPS) is 14.3. The van der Waals surface area contributed by atoms with Crippen LogP contribution in [0.5, 0.6) is 0 Å². The second-order valence-corrected chi connectivity index (χ2v) is 16.5. The highest BCUT2D eigenvalue weighted by Crippen LogP contribution is 2.57. The number of hydrogen-bond acceptors (Lipinski definition) is 2. The van der Waals surface area contributed by atoms with Crippen molar-refractivity contribution in [1.82, 2.24) is 9.97 Å². The van der Waals surface area contributed by atoms with Crippen molar-refractivity contribution in [2.45, 2.75) is 24.7 Å². The highest BCUT2D eigenvalue weighted by molar-refractivity contribution is 6.08. The molecule has 2 aliphatic carbocycles. The maximum atomic E-state index is 5.62. The van der Waals surface area contributed by atoms with Gasteiger partial charge in [-0.1, -0.05) is 184 Å². The van der Waals surface area contributed by atoms with E-state index >= 15 is 0 Å². The van der Waals surface area contributed by atoms with Crippen molar-refractivity contribution in [1.29, 1.82) is 0 Å². The summed E-state index contributed by atoms with van der Waals surface area (Å²) < 4.78 is 0. The first-order chi connectivity index (χ1) is 28.5. The summed E-state index contributed by atoms with van der Waals surface area (Å²) in [7, 11) is 0.